The first kappa shape index (κ1) is 13.2. The van der Waals surface area contributed by atoms with Gasteiger partial charge in [0, 0.05) is 18.3 Å². The van der Waals surface area contributed by atoms with Gasteiger partial charge in [0.25, 0.3) is 0 Å². The van der Waals surface area contributed by atoms with Gasteiger partial charge in [0.2, 0.25) is 0 Å². The summed E-state index contributed by atoms with van der Waals surface area (Å²) in [6.07, 6.45) is -2.12. The van der Waals surface area contributed by atoms with Gasteiger partial charge in [-0.3, -0.25) is 0 Å². The van der Waals surface area contributed by atoms with Crippen LogP contribution in [0.3, 0.4) is 0 Å². The lowest BCUT2D eigenvalue weighted by molar-refractivity contribution is -0.137. The molecule has 0 aromatic heterocycles. The van der Waals surface area contributed by atoms with E-state index in [-0.39, 0.29) is 0 Å². The molecule has 0 bridgehead atoms. The molecular formula is C13H17F3N2. The van der Waals surface area contributed by atoms with Gasteiger partial charge in [-0.05, 0) is 50.1 Å². The summed E-state index contributed by atoms with van der Waals surface area (Å²) < 4.78 is 37.6. The van der Waals surface area contributed by atoms with Crippen molar-refractivity contribution in [1.29, 1.82) is 0 Å². The summed E-state index contributed by atoms with van der Waals surface area (Å²) in [4.78, 5) is 0. The highest BCUT2D eigenvalue weighted by atomic mass is 19.4. The smallest absolute Gasteiger partial charge is 0.381 e. The molecule has 5 heteroatoms. The first-order valence-corrected chi connectivity index (χ1v) is 6.12. The van der Waals surface area contributed by atoms with Crippen LogP contribution in [-0.2, 0) is 6.18 Å². The largest absolute Gasteiger partial charge is 0.416 e. The highest BCUT2D eigenvalue weighted by Gasteiger charge is 2.30. The third-order valence-electron chi connectivity index (χ3n) is 3.21. The third kappa shape index (κ3) is 3.16. The Morgan fingerprint density at radius 2 is 2.11 bits per heavy atom. The van der Waals surface area contributed by atoms with Crippen LogP contribution in [0.4, 0.5) is 18.9 Å². The van der Waals surface area contributed by atoms with Crippen LogP contribution in [0.1, 0.15) is 24.0 Å². The normalized spacial score (nSPS) is 20.8. The zero-order chi connectivity index (χ0) is 13.2. The maximum Gasteiger partial charge on any atom is 0.416 e. The maximum atomic E-state index is 12.5. The van der Waals surface area contributed by atoms with Crippen LogP contribution in [0.25, 0.3) is 0 Å². The van der Waals surface area contributed by atoms with Crippen molar-refractivity contribution >= 4 is 5.69 Å². The summed E-state index contributed by atoms with van der Waals surface area (Å²) in [6.45, 7) is 3.58. The Kier molecular flexibility index (Phi) is 3.80. The van der Waals surface area contributed by atoms with Crippen LogP contribution in [0, 0.1) is 6.92 Å². The molecule has 1 saturated heterocycles. The Bertz CT molecular complexity index is 409. The zero-order valence-corrected chi connectivity index (χ0v) is 10.3. The van der Waals surface area contributed by atoms with Gasteiger partial charge >= 0.3 is 6.18 Å². The van der Waals surface area contributed by atoms with Crippen molar-refractivity contribution in [2.75, 3.05) is 18.4 Å². The van der Waals surface area contributed by atoms with Gasteiger partial charge in [-0.15, -0.1) is 0 Å². The molecule has 100 valence electrons. The fourth-order valence-corrected chi connectivity index (χ4v) is 2.20. The molecule has 18 heavy (non-hydrogen) atoms. The number of halogens is 3. The van der Waals surface area contributed by atoms with Crippen molar-refractivity contribution in [1.82, 2.24) is 5.32 Å². The number of nitrogens with one attached hydrogen (secondary N) is 2. The fraction of sp³-hybridized carbons (Fsp3) is 0.538. The molecule has 0 saturated carbocycles. The van der Waals surface area contributed by atoms with Gasteiger partial charge in [-0.2, -0.15) is 13.2 Å². The predicted octanol–water partition coefficient (Wildman–Crippen LogP) is 3.18. The summed E-state index contributed by atoms with van der Waals surface area (Å²) in [7, 11) is 0. The van der Waals surface area contributed by atoms with Crippen molar-refractivity contribution in [3.63, 3.8) is 0 Å². The lowest BCUT2D eigenvalue weighted by atomic mass is 10.0. The van der Waals surface area contributed by atoms with E-state index >= 15 is 0 Å². The van der Waals surface area contributed by atoms with E-state index in [1.165, 1.54) is 12.1 Å². The summed E-state index contributed by atoms with van der Waals surface area (Å²) in [5.41, 5.74) is 0.833. The second-order valence-electron chi connectivity index (χ2n) is 4.72. The van der Waals surface area contributed by atoms with Gasteiger partial charge in [-0.1, -0.05) is 0 Å². The molecule has 0 spiro atoms. The fourth-order valence-electron chi connectivity index (χ4n) is 2.20. The lowest BCUT2D eigenvalue weighted by Crippen LogP contribution is -2.38. The van der Waals surface area contributed by atoms with Gasteiger partial charge in [0.1, 0.15) is 0 Å². The standard InChI is InChI=1S/C13H17F3N2/c1-9-7-10(13(14,15)16)4-5-12(9)18-11-3-2-6-17-8-11/h4-5,7,11,17-18H,2-3,6,8H2,1H3. The van der Waals surface area contributed by atoms with Crippen LogP contribution >= 0.6 is 0 Å². The minimum atomic E-state index is -4.27. The number of piperidine rings is 1. The molecule has 1 atom stereocenters. The van der Waals surface area contributed by atoms with Crippen LogP contribution in [-0.4, -0.2) is 19.1 Å². The van der Waals surface area contributed by atoms with E-state index in [0.29, 0.717) is 11.6 Å². The van der Waals surface area contributed by atoms with Crippen LogP contribution < -0.4 is 10.6 Å². The molecule has 0 amide bonds. The topological polar surface area (TPSA) is 24.1 Å². The zero-order valence-electron chi connectivity index (χ0n) is 10.3. The summed E-state index contributed by atoms with van der Waals surface area (Å²) in [5.74, 6) is 0. The van der Waals surface area contributed by atoms with E-state index in [1.54, 1.807) is 6.92 Å². The summed E-state index contributed by atoms with van der Waals surface area (Å²) in [6, 6.07) is 4.14. The molecule has 0 radical (unpaired) electrons. The SMILES string of the molecule is Cc1cc(C(F)(F)F)ccc1NC1CCCNC1. The molecule has 2 N–H and O–H groups in total. The number of rotatable bonds is 2. The lowest BCUT2D eigenvalue weighted by Gasteiger charge is -2.25. The van der Waals surface area contributed by atoms with Gasteiger partial charge in [-0.25, -0.2) is 0 Å². The van der Waals surface area contributed by atoms with Crippen LogP contribution in [0.15, 0.2) is 18.2 Å². The quantitative estimate of drug-likeness (QED) is 0.851. The number of hydrogen-bond donors (Lipinski definition) is 2. The molecule has 1 aromatic carbocycles. The van der Waals surface area contributed by atoms with Crippen molar-refractivity contribution in [3.05, 3.63) is 29.3 Å². The molecule has 0 aliphatic carbocycles. The molecule has 1 fully saturated rings. The summed E-state index contributed by atoms with van der Waals surface area (Å²) >= 11 is 0. The van der Waals surface area contributed by atoms with E-state index in [2.05, 4.69) is 10.6 Å². The second kappa shape index (κ2) is 5.18. The van der Waals surface area contributed by atoms with E-state index in [0.717, 1.165) is 37.7 Å². The van der Waals surface area contributed by atoms with Crippen LogP contribution in [0.2, 0.25) is 0 Å². The van der Waals surface area contributed by atoms with Gasteiger partial charge < -0.3 is 10.6 Å². The van der Waals surface area contributed by atoms with Crippen LogP contribution in [0.5, 0.6) is 0 Å². The molecule has 1 aliphatic rings. The Morgan fingerprint density at radius 3 is 2.67 bits per heavy atom. The Balaban J connectivity index is 2.09. The Labute approximate surface area is 105 Å². The Morgan fingerprint density at radius 1 is 1.33 bits per heavy atom. The monoisotopic (exact) mass is 258 g/mol. The second-order valence-corrected chi connectivity index (χ2v) is 4.72. The molecule has 1 unspecified atom stereocenters. The average Bonchev–Trinajstić information content (AvgIpc) is 2.32. The number of hydrogen-bond acceptors (Lipinski definition) is 2. The Hall–Kier alpha value is -1.23. The first-order valence-electron chi connectivity index (χ1n) is 6.12. The molecule has 2 rings (SSSR count). The highest BCUT2D eigenvalue weighted by molar-refractivity contribution is 5.53. The number of aryl methyl sites for hydroxylation is 1. The third-order valence-corrected chi connectivity index (χ3v) is 3.21. The number of benzene rings is 1. The number of anilines is 1. The van der Waals surface area contributed by atoms with Crippen molar-refractivity contribution in [3.8, 4) is 0 Å². The van der Waals surface area contributed by atoms with E-state index < -0.39 is 11.7 Å². The highest BCUT2D eigenvalue weighted by Crippen LogP contribution is 2.31. The summed E-state index contributed by atoms with van der Waals surface area (Å²) in [5, 5.41) is 6.57. The van der Waals surface area contributed by atoms with Crippen molar-refractivity contribution < 1.29 is 13.2 Å². The van der Waals surface area contributed by atoms with Crippen molar-refractivity contribution in [2.24, 2.45) is 0 Å². The average molecular weight is 258 g/mol. The molecule has 1 heterocycles. The molecule has 1 aliphatic heterocycles. The predicted molar refractivity (Wildman–Crippen MR) is 65.7 cm³/mol. The maximum absolute atomic E-state index is 12.5. The van der Waals surface area contributed by atoms with E-state index in [4.69, 9.17) is 0 Å². The van der Waals surface area contributed by atoms with Gasteiger partial charge in [0.15, 0.2) is 0 Å². The van der Waals surface area contributed by atoms with E-state index in [9.17, 15) is 13.2 Å². The molecular weight excluding hydrogens is 241 g/mol. The van der Waals surface area contributed by atoms with Crippen molar-refractivity contribution in [2.45, 2.75) is 32.0 Å². The van der Waals surface area contributed by atoms with Gasteiger partial charge in [0.05, 0.1) is 5.56 Å². The minimum absolute atomic E-state index is 0.300. The number of alkyl halides is 3. The van der Waals surface area contributed by atoms with E-state index in [1.807, 2.05) is 0 Å². The molecule has 1 aromatic rings. The first-order chi connectivity index (χ1) is 8.47. The minimum Gasteiger partial charge on any atom is -0.381 e. The molecule has 2 nitrogen and oxygen atoms in total.